The van der Waals surface area contributed by atoms with Crippen LogP contribution in [0, 0.1) is 24.2 Å². The molecule has 1 amide bonds. The van der Waals surface area contributed by atoms with E-state index in [0.717, 1.165) is 6.42 Å². The third-order valence-electron chi connectivity index (χ3n) is 4.24. The summed E-state index contributed by atoms with van der Waals surface area (Å²) in [6.07, 6.45) is 5.27. The maximum atomic E-state index is 10.7. The first-order valence-corrected chi connectivity index (χ1v) is 9.60. The van der Waals surface area contributed by atoms with Crippen LogP contribution in [-0.4, -0.2) is 32.2 Å². The summed E-state index contributed by atoms with van der Waals surface area (Å²) in [5, 5.41) is 11.3. The van der Waals surface area contributed by atoms with Crippen molar-refractivity contribution in [1.82, 2.24) is 5.32 Å². The summed E-state index contributed by atoms with van der Waals surface area (Å²) in [7, 11) is -1.91. The van der Waals surface area contributed by atoms with Gasteiger partial charge in [-0.05, 0) is 24.6 Å². The molecule has 1 saturated carbocycles. The van der Waals surface area contributed by atoms with E-state index in [1.165, 1.54) is 0 Å². The van der Waals surface area contributed by atoms with Gasteiger partial charge in [-0.25, -0.2) is 4.79 Å². The monoisotopic (exact) mass is 283 g/mol. The fourth-order valence-electron chi connectivity index (χ4n) is 1.84. The molecule has 108 valence electrons. The molecule has 1 fully saturated rings. The van der Waals surface area contributed by atoms with E-state index in [1.54, 1.807) is 0 Å². The van der Waals surface area contributed by atoms with Gasteiger partial charge in [-0.15, -0.1) is 12.3 Å². The first kappa shape index (κ1) is 16.1. The number of hydrogen-bond donors (Lipinski definition) is 2. The van der Waals surface area contributed by atoms with E-state index in [9.17, 15) is 4.79 Å². The van der Waals surface area contributed by atoms with Crippen LogP contribution in [0.2, 0.25) is 18.1 Å². The van der Waals surface area contributed by atoms with Crippen molar-refractivity contribution in [2.24, 2.45) is 11.8 Å². The maximum Gasteiger partial charge on any atom is 0.404 e. The maximum absolute atomic E-state index is 10.7. The summed E-state index contributed by atoms with van der Waals surface area (Å²) in [5.74, 6) is 3.28. The number of hydrogen-bond acceptors (Lipinski definition) is 2. The van der Waals surface area contributed by atoms with Crippen molar-refractivity contribution in [2.75, 3.05) is 6.54 Å². The molecule has 1 aliphatic carbocycles. The van der Waals surface area contributed by atoms with Crippen molar-refractivity contribution in [1.29, 1.82) is 0 Å². The van der Waals surface area contributed by atoms with Gasteiger partial charge in [0.25, 0.3) is 0 Å². The topological polar surface area (TPSA) is 58.6 Å². The van der Waals surface area contributed by atoms with E-state index in [4.69, 9.17) is 16.0 Å². The molecular formula is C14H25NO3Si. The zero-order valence-corrected chi connectivity index (χ0v) is 13.5. The van der Waals surface area contributed by atoms with Crippen molar-refractivity contribution in [3.63, 3.8) is 0 Å². The van der Waals surface area contributed by atoms with Crippen molar-refractivity contribution in [3.8, 4) is 12.3 Å². The van der Waals surface area contributed by atoms with E-state index in [0.29, 0.717) is 12.5 Å². The van der Waals surface area contributed by atoms with Crippen LogP contribution in [0.1, 0.15) is 27.2 Å². The van der Waals surface area contributed by atoms with Crippen LogP contribution in [0.15, 0.2) is 0 Å². The Morgan fingerprint density at radius 1 is 1.58 bits per heavy atom. The van der Waals surface area contributed by atoms with E-state index in [-0.39, 0.29) is 17.1 Å². The summed E-state index contributed by atoms with van der Waals surface area (Å²) in [6, 6.07) is 0. The van der Waals surface area contributed by atoms with Gasteiger partial charge in [0.2, 0.25) is 0 Å². The van der Waals surface area contributed by atoms with Crippen molar-refractivity contribution in [3.05, 3.63) is 0 Å². The lowest BCUT2D eigenvalue weighted by Crippen LogP contribution is -2.47. The summed E-state index contributed by atoms with van der Waals surface area (Å²) in [5.41, 5.74) is 0. The molecule has 1 aliphatic rings. The normalized spacial score (nSPS) is 24.4. The van der Waals surface area contributed by atoms with Gasteiger partial charge >= 0.3 is 6.09 Å². The number of carboxylic acid groups (broad SMARTS) is 1. The van der Waals surface area contributed by atoms with Crippen LogP contribution in [-0.2, 0) is 4.43 Å². The van der Waals surface area contributed by atoms with Gasteiger partial charge in [-0.1, -0.05) is 20.8 Å². The minimum absolute atomic E-state index is 0.0990. The van der Waals surface area contributed by atoms with Crippen LogP contribution in [0.3, 0.4) is 0 Å². The molecule has 0 aromatic heterocycles. The quantitative estimate of drug-likeness (QED) is 0.602. The molecule has 0 aromatic rings. The van der Waals surface area contributed by atoms with Crippen LogP contribution in [0.5, 0.6) is 0 Å². The number of amides is 1. The van der Waals surface area contributed by atoms with E-state index >= 15 is 0 Å². The standard InChI is InChI=1S/C14H25NO3Si/c1-7-10-8-11(10)12(9-15-13(16)17)18-19(5,6)14(2,3)4/h1,10-12,15H,8-9H2,2-6H3,(H,16,17)/t10-,11-,12?/m0/s1. The molecule has 0 bridgehead atoms. The molecule has 4 nitrogen and oxygen atoms in total. The highest BCUT2D eigenvalue weighted by Crippen LogP contribution is 2.45. The number of nitrogens with one attached hydrogen (secondary N) is 1. The van der Waals surface area contributed by atoms with Gasteiger partial charge in [-0.3, -0.25) is 0 Å². The van der Waals surface area contributed by atoms with Gasteiger partial charge in [0.1, 0.15) is 0 Å². The Bertz CT molecular complexity index is 381. The molecular weight excluding hydrogens is 258 g/mol. The average molecular weight is 283 g/mol. The van der Waals surface area contributed by atoms with Crippen molar-refractivity contribution < 1.29 is 14.3 Å². The van der Waals surface area contributed by atoms with Gasteiger partial charge in [-0.2, -0.15) is 0 Å². The van der Waals surface area contributed by atoms with E-state index in [1.807, 2.05) is 0 Å². The van der Waals surface area contributed by atoms with Gasteiger partial charge in [0.15, 0.2) is 8.32 Å². The van der Waals surface area contributed by atoms with E-state index in [2.05, 4.69) is 45.1 Å². The fraction of sp³-hybridized carbons (Fsp3) is 0.786. The highest BCUT2D eigenvalue weighted by Gasteiger charge is 2.47. The Morgan fingerprint density at radius 2 is 2.16 bits per heavy atom. The number of carbonyl (C=O) groups is 1. The molecule has 0 aromatic carbocycles. The molecule has 1 rings (SSSR count). The Morgan fingerprint density at radius 3 is 2.53 bits per heavy atom. The summed E-state index contributed by atoms with van der Waals surface area (Å²) >= 11 is 0. The number of rotatable bonds is 5. The molecule has 0 spiro atoms. The van der Waals surface area contributed by atoms with Crippen molar-refractivity contribution >= 4 is 14.4 Å². The highest BCUT2D eigenvalue weighted by atomic mass is 28.4. The lowest BCUT2D eigenvalue weighted by atomic mass is 10.2. The predicted molar refractivity (Wildman–Crippen MR) is 78.5 cm³/mol. The highest BCUT2D eigenvalue weighted by molar-refractivity contribution is 6.74. The predicted octanol–water partition coefficient (Wildman–Crippen LogP) is 2.91. The second-order valence-corrected chi connectivity index (χ2v) is 11.5. The third-order valence-corrected chi connectivity index (χ3v) is 8.74. The zero-order chi connectivity index (χ0) is 14.8. The number of terminal acetylenes is 1. The molecule has 2 N–H and O–H groups in total. The Hall–Kier alpha value is -0.993. The molecule has 1 unspecified atom stereocenters. The Labute approximate surface area is 117 Å². The van der Waals surface area contributed by atoms with Crippen LogP contribution in [0.4, 0.5) is 4.79 Å². The second kappa shape index (κ2) is 5.56. The van der Waals surface area contributed by atoms with Crippen molar-refractivity contribution in [2.45, 2.75) is 51.4 Å². The Kier molecular flexibility index (Phi) is 4.70. The first-order chi connectivity index (χ1) is 8.58. The Balaban J connectivity index is 2.70. The van der Waals surface area contributed by atoms with Gasteiger partial charge in [0.05, 0.1) is 6.10 Å². The third kappa shape index (κ3) is 4.25. The van der Waals surface area contributed by atoms with Crippen LogP contribution in [0.25, 0.3) is 0 Å². The lowest BCUT2D eigenvalue weighted by Gasteiger charge is -2.39. The largest absolute Gasteiger partial charge is 0.465 e. The smallest absolute Gasteiger partial charge is 0.404 e. The van der Waals surface area contributed by atoms with Gasteiger partial charge < -0.3 is 14.8 Å². The minimum atomic E-state index is -1.91. The first-order valence-electron chi connectivity index (χ1n) is 6.69. The molecule has 0 aliphatic heterocycles. The molecule has 5 heteroatoms. The molecule has 0 radical (unpaired) electrons. The summed E-state index contributed by atoms with van der Waals surface area (Å²) < 4.78 is 6.33. The lowest BCUT2D eigenvalue weighted by molar-refractivity contribution is 0.144. The van der Waals surface area contributed by atoms with Gasteiger partial charge in [0, 0.05) is 18.4 Å². The molecule has 0 saturated heterocycles. The summed E-state index contributed by atoms with van der Waals surface area (Å²) in [4.78, 5) is 10.7. The van der Waals surface area contributed by atoms with E-state index < -0.39 is 14.4 Å². The average Bonchev–Trinajstić information content (AvgIpc) is 3.01. The van der Waals surface area contributed by atoms with Crippen LogP contribution >= 0.6 is 0 Å². The summed E-state index contributed by atoms with van der Waals surface area (Å²) in [6.45, 7) is 11.2. The second-order valence-electron chi connectivity index (χ2n) is 6.78. The molecule has 3 atom stereocenters. The minimum Gasteiger partial charge on any atom is -0.465 e. The molecule has 0 heterocycles. The molecule has 19 heavy (non-hydrogen) atoms. The fourth-order valence-corrected chi connectivity index (χ4v) is 3.21. The zero-order valence-electron chi connectivity index (χ0n) is 12.5. The SMILES string of the molecule is C#C[C@H]1C[C@@H]1C(CNC(=O)O)O[Si](C)(C)C(C)(C)C. The van der Waals surface area contributed by atoms with Crippen LogP contribution < -0.4 is 5.32 Å².